The van der Waals surface area contributed by atoms with Crippen LogP contribution in [-0.4, -0.2) is 7.11 Å². The lowest BCUT2D eigenvalue weighted by Crippen LogP contribution is -2.05. The van der Waals surface area contributed by atoms with Crippen molar-refractivity contribution in [3.63, 3.8) is 0 Å². The van der Waals surface area contributed by atoms with Gasteiger partial charge in [0.15, 0.2) is 0 Å². The van der Waals surface area contributed by atoms with Gasteiger partial charge < -0.3 is 14.8 Å². The Morgan fingerprint density at radius 1 is 0.828 bits per heavy atom. The molecule has 0 radical (unpaired) electrons. The van der Waals surface area contributed by atoms with E-state index < -0.39 is 0 Å². The molecular formula is C26H25NO2. The fraction of sp³-hybridized carbons (Fsp3) is 0.154. The first-order valence-corrected chi connectivity index (χ1v) is 9.80. The largest absolute Gasteiger partial charge is 0.497 e. The molecule has 4 aromatic rings. The first-order chi connectivity index (χ1) is 14.2. The molecule has 146 valence electrons. The average molecular weight is 383 g/mol. The van der Waals surface area contributed by atoms with E-state index in [1.54, 1.807) is 7.11 Å². The molecule has 0 bridgehead atoms. The maximum Gasteiger partial charge on any atom is 0.125 e. The molecule has 4 rings (SSSR count). The molecule has 0 heterocycles. The molecular weight excluding hydrogens is 358 g/mol. The van der Waals surface area contributed by atoms with Gasteiger partial charge in [0.05, 0.1) is 7.11 Å². The van der Waals surface area contributed by atoms with Gasteiger partial charge in [-0.15, -0.1) is 0 Å². The maximum absolute atomic E-state index is 6.25. The second kappa shape index (κ2) is 8.70. The molecule has 0 saturated heterocycles. The van der Waals surface area contributed by atoms with Crippen molar-refractivity contribution in [2.24, 2.45) is 0 Å². The molecule has 0 fully saturated rings. The Labute approximate surface area is 171 Å². The summed E-state index contributed by atoms with van der Waals surface area (Å²) >= 11 is 0. The van der Waals surface area contributed by atoms with Crippen molar-refractivity contribution in [1.82, 2.24) is 0 Å². The second-order valence-electron chi connectivity index (χ2n) is 7.12. The third-order valence-electron chi connectivity index (χ3n) is 5.03. The Morgan fingerprint density at radius 3 is 2.45 bits per heavy atom. The van der Waals surface area contributed by atoms with E-state index in [2.05, 4.69) is 72.9 Å². The number of rotatable bonds is 7. The summed E-state index contributed by atoms with van der Waals surface area (Å²) in [5.41, 5.74) is 4.62. The highest BCUT2D eigenvalue weighted by atomic mass is 16.5. The highest BCUT2D eigenvalue weighted by Crippen LogP contribution is 2.30. The van der Waals surface area contributed by atoms with Gasteiger partial charge in [0.1, 0.15) is 18.1 Å². The topological polar surface area (TPSA) is 30.5 Å². The number of methoxy groups -OCH3 is 1. The van der Waals surface area contributed by atoms with Crippen molar-refractivity contribution in [3.8, 4) is 11.5 Å². The quantitative estimate of drug-likeness (QED) is 0.403. The third kappa shape index (κ3) is 4.52. The zero-order valence-corrected chi connectivity index (χ0v) is 16.8. The first-order valence-electron chi connectivity index (χ1n) is 9.80. The van der Waals surface area contributed by atoms with Gasteiger partial charge in [-0.2, -0.15) is 0 Å². The van der Waals surface area contributed by atoms with Crippen LogP contribution in [0.15, 0.2) is 84.9 Å². The van der Waals surface area contributed by atoms with Crippen LogP contribution in [0.25, 0.3) is 10.8 Å². The van der Waals surface area contributed by atoms with Crippen LogP contribution in [-0.2, 0) is 13.2 Å². The minimum atomic E-state index is 0.551. The highest BCUT2D eigenvalue weighted by Gasteiger charge is 2.10. The number of ether oxygens (including phenoxy) is 2. The lowest BCUT2D eigenvalue weighted by atomic mass is 10.0. The predicted molar refractivity (Wildman–Crippen MR) is 120 cm³/mol. The van der Waals surface area contributed by atoms with Gasteiger partial charge in [-0.1, -0.05) is 60.2 Å². The van der Waals surface area contributed by atoms with Crippen LogP contribution in [0, 0.1) is 6.92 Å². The lowest BCUT2D eigenvalue weighted by Gasteiger charge is -2.16. The predicted octanol–water partition coefficient (Wildman–Crippen LogP) is 6.35. The molecule has 4 aromatic carbocycles. The Balaban J connectivity index is 1.59. The summed E-state index contributed by atoms with van der Waals surface area (Å²) in [5, 5.41) is 5.93. The van der Waals surface area contributed by atoms with E-state index in [0.29, 0.717) is 13.2 Å². The molecule has 0 aliphatic heterocycles. The third-order valence-corrected chi connectivity index (χ3v) is 5.03. The van der Waals surface area contributed by atoms with Crippen LogP contribution in [0.2, 0.25) is 0 Å². The zero-order valence-electron chi connectivity index (χ0n) is 16.8. The summed E-state index contributed by atoms with van der Waals surface area (Å²) < 4.78 is 11.5. The van der Waals surface area contributed by atoms with Crippen LogP contribution in [0.3, 0.4) is 0 Å². The molecule has 0 aliphatic rings. The van der Waals surface area contributed by atoms with E-state index in [1.165, 1.54) is 21.9 Å². The molecule has 0 saturated carbocycles. The molecule has 0 spiro atoms. The summed E-state index contributed by atoms with van der Waals surface area (Å²) in [5.74, 6) is 1.76. The number of anilines is 1. The van der Waals surface area contributed by atoms with E-state index >= 15 is 0 Å². The standard InChI is InChI=1S/C26H25NO2/c1-19-6-5-7-20(16-19)18-29-26-15-10-21-8-3-4-9-24(21)25(26)17-27-22-11-13-23(28-2)14-12-22/h3-16,27H,17-18H2,1-2H3. The van der Waals surface area contributed by atoms with E-state index in [9.17, 15) is 0 Å². The number of hydrogen-bond acceptors (Lipinski definition) is 3. The van der Waals surface area contributed by atoms with Crippen LogP contribution >= 0.6 is 0 Å². The Kier molecular flexibility index (Phi) is 5.66. The van der Waals surface area contributed by atoms with Crippen molar-refractivity contribution in [2.75, 3.05) is 12.4 Å². The number of benzene rings is 4. The van der Waals surface area contributed by atoms with E-state index in [1.807, 2.05) is 24.3 Å². The summed E-state index contributed by atoms with van der Waals surface area (Å²) in [7, 11) is 1.68. The Hall–Kier alpha value is -3.46. The summed E-state index contributed by atoms with van der Waals surface area (Å²) in [6, 6.07) is 29.0. The van der Waals surface area contributed by atoms with Crippen LogP contribution < -0.4 is 14.8 Å². The lowest BCUT2D eigenvalue weighted by molar-refractivity contribution is 0.304. The molecule has 29 heavy (non-hydrogen) atoms. The molecule has 0 atom stereocenters. The van der Waals surface area contributed by atoms with Crippen LogP contribution in [0.4, 0.5) is 5.69 Å². The monoisotopic (exact) mass is 383 g/mol. The summed E-state index contributed by atoms with van der Waals surface area (Å²) in [6.45, 7) is 3.33. The van der Waals surface area contributed by atoms with Crippen molar-refractivity contribution in [1.29, 1.82) is 0 Å². The van der Waals surface area contributed by atoms with Crippen molar-refractivity contribution < 1.29 is 9.47 Å². The summed E-state index contributed by atoms with van der Waals surface area (Å²) in [6.07, 6.45) is 0. The minimum Gasteiger partial charge on any atom is -0.497 e. The van der Waals surface area contributed by atoms with Gasteiger partial charge in [-0.3, -0.25) is 0 Å². The van der Waals surface area contributed by atoms with Gasteiger partial charge in [0, 0.05) is 17.8 Å². The van der Waals surface area contributed by atoms with Gasteiger partial charge in [-0.05, 0) is 53.6 Å². The molecule has 0 amide bonds. The molecule has 3 heteroatoms. The van der Waals surface area contributed by atoms with Crippen molar-refractivity contribution in [3.05, 3.63) is 102 Å². The van der Waals surface area contributed by atoms with Crippen LogP contribution in [0.1, 0.15) is 16.7 Å². The highest BCUT2D eigenvalue weighted by molar-refractivity contribution is 5.88. The molecule has 0 aromatic heterocycles. The minimum absolute atomic E-state index is 0.551. The fourth-order valence-electron chi connectivity index (χ4n) is 3.50. The second-order valence-corrected chi connectivity index (χ2v) is 7.12. The Morgan fingerprint density at radius 2 is 1.66 bits per heavy atom. The van der Waals surface area contributed by atoms with Crippen molar-refractivity contribution in [2.45, 2.75) is 20.1 Å². The molecule has 3 nitrogen and oxygen atoms in total. The maximum atomic E-state index is 6.25. The number of fused-ring (bicyclic) bond motifs is 1. The summed E-state index contributed by atoms with van der Waals surface area (Å²) in [4.78, 5) is 0. The number of nitrogens with one attached hydrogen (secondary N) is 1. The number of hydrogen-bond donors (Lipinski definition) is 1. The first kappa shape index (κ1) is 18.9. The van der Waals surface area contributed by atoms with Gasteiger partial charge in [0.25, 0.3) is 0 Å². The van der Waals surface area contributed by atoms with Crippen LogP contribution in [0.5, 0.6) is 11.5 Å². The van der Waals surface area contributed by atoms with Gasteiger partial charge in [-0.25, -0.2) is 0 Å². The normalized spacial score (nSPS) is 10.7. The zero-order chi connectivity index (χ0) is 20.1. The average Bonchev–Trinajstić information content (AvgIpc) is 2.77. The SMILES string of the molecule is COc1ccc(NCc2c(OCc3cccc(C)c3)ccc3ccccc23)cc1. The molecule has 1 N–H and O–H groups in total. The fourth-order valence-corrected chi connectivity index (χ4v) is 3.50. The van der Waals surface area contributed by atoms with E-state index in [-0.39, 0.29) is 0 Å². The van der Waals surface area contributed by atoms with Crippen molar-refractivity contribution >= 4 is 16.5 Å². The Bertz CT molecular complexity index is 1100. The molecule has 0 unspecified atom stereocenters. The van der Waals surface area contributed by atoms with E-state index in [4.69, 9.17) is 9.47 Å². The van der Waals surface area contributed by atoms with Gasteiger partial charge >= 0.3 is 0 Å². The number of aryl methyl sites for hydroxylation is 1. The van der Waals surface area contributed by atoms with E-state index in [0.717, 1.165) is 22.7 Å². The molecule has 0 aliphatic carbocycles. The van der Waals surface area contributed by atoms with Gasteiger partial charge in [0.2, 0.25) is 0 Å². The smallest absolute Gasteiger partial charge is 0.125 e.